The minimum Gasteiger partial charge on any atom is -0.388 e. The summed E-state index contributed by atoms with van der Waals surface area (Å²) in [4.78, 5) is 14.5. The third kappa shape index (κ3) is 3.03. The van der Waals surface area contributed by atoms with E-state index >= 15 is 0 Å². The Labute approximate surface area is 153 Å². The maximum absolute atomic E-state index is 12.8. The van der Waals surface area contributed by atoms with E-state index in [9.17, 15) is 9.90 Å². The zero-order valence-corrected chi connectivity index (χ0v) is 14.7. The van der Waals surface area contributed by atoms with E-state index in [0.717, 1.165) is 12.0 Å². The number of aliphatic hydroxyl groups is 1. The number of nitrogens with two attached hydrogens (primary N) is 1. The van der Waals surface area contributed by atoms with Crippen molar-refractivity contribution >= 4 is 5.91 Å². The van der Waals surface area contributed by atoms with Crippen LogP contribution in [0.15, 0.2) is 54.6 Å². The summed E-state index contributed by atoms with van der Waals surface area (Å²) in [7, 11) is 0. The van der Waals surface area contributed by atoms with E-state index in [0.29, 0.717) is 31.8 Å². The molecular formula is C21H24N2O3. The lowest BCUT2D eigenvalue weighted by molar-refractivity contribution is -0.0591. The Balaban J connectivity index is 1.48. The normalized spacial score (nSPS) is 28.0. The summed E-state index contributed by atoms with van der Waals surface area (Å²) < 4.78 is 6.07. The molecule has 0 saturated carbocycles. The molecular weight excluding hydrogens is 328 g/mol. The van der Waals surface area contributed by atoms with Gasteiger partial charge >= 0.3 is 0 Å². The van der Waals surface area contributed by atoms with Gasteiger partial charge in [-0.1, -0.05) is 42.5 Å². The van der Waals surface area contributed by atoms with Gasteiger partial charge in [-0.3, -0.25) is 4.79 Å². The predicted molar refractivity (Wildman–Crippen MR) is 98.7 cm³/mol. The summed E-state index contributed by atoms with van der Waals surface area (Å²) in [5.41, 5.74) is 7.78. The number of ether oxygens (including phenoxy) is 1. The SMILES string of the molecule is NCc1ccc(C(=O)N2C[C@@H](O)[C@@]3(C[C@@H](c4ccccc4)CO3)C2)cc1. The predicted octanol–water partition coefficient (Wildman–Crippen LogP) is 1.90. The molecule has 2 saturated heterocycles. The molecule has 2 heterocycles. The van der Waals surface area contributed by atoms with Crippen molar-refractivity contribution in [3.8, 4) is 0 Å². The molecule has 136 valence electrons. The Bertz CT molecular complexity index is 778. The van der Waals surface area contributed by atoms with Gasteiger partial charge < -0.3 is 20.5 Å². The number of rotatable bonds is 3. The van der Waals surface area contributed by atoms with Gasteiger partial charge in [0.05, 0.1) is 13.2 Å². The third-order valence-corrected chi connectivity index (χ3v) is 5.62. The largest absolute Gasteiger partial charge is 0.388 e. The number of likely N-dealkylation sites (tertiary alicyclic amines) is 1. The zero-order chi connectivity index (χ0) is 18.1. The fraction of sp³-hybridized carbons (Fsp3) is 0.381. The third-order valence-electron chi connectivity index (χ3n) is 5.62. The molecule has 2 aliphatic rings. The molecule has 0 bridgehead atoms. The van der Waals surface area contributed by atoms with Crippen LogP contribution in [0, 0.1) is 0 Å². The molecule has 5 heteroatoms. The van der Waals surface area contributed by atoms with Crippen LogP contribution < -0.4 is 5.73 Å². The second-order valence-electron chi connectivity index (χ2n) is 7.29. The lowest BCUT2D eigenvalue weighted by Crippen LogP contribution is -2.41. The van der Waals surface area contributed by atoms with Crippen LogP contribution in [0.3, 0.4) is 0 Å². The molecule has 3 atom stereocenters. The quantitative estimate of drug-likeness (QED) is 0.885. The molecule has 0 radical (unpaired) electrons. The summed E-state index contributed by atoms with van der Waals surface area (Å²) in [6.07, 6.45) is 0.0668. The lowest BCUT2D eigenvalue weighted by Gasteiger charge is -2.26. The van der Waals surface area contributed by atoms with Crippen LogP contribution in [0.1, 0.15) is 33.8 Å². The van der Waals surface area contributed by atoms with Crippen molar-refractivity contribution in [3.05, 3.63) is 71.3 Å². The van der Waals surface area contributed by atoms with Crippen LogP contribution in [0.5, 0.6) is 0 Å². The molecule has 2 aliphatic heterocycles. The zero-order valence-electron chi connectivity index (χ0n) is 14.7. The topological polar surface area (TPSA) is 75.8 Å². The summed E-state index contributed by atoms with van der Waals surface area (Å²) in [5, 5.41) is 10.7. The van der Waals surface area contributed by atoms with Gasteiger partial charge in [0.15, 0.2) is 0 Å². The highest BCUT2D eigenvalue weighted by atomic mass is 16.5. The standard InChI is InChI=1S/C21H24N2O3/c22-11-15-6-8-17(9-7-15)20(25)23-12-19(24)21(14-23)10-18(13-26-21)16-4-2-1-3-5-16/h1-9,18-19,24H,10-14,22H2/t18-,19-,21-/m1/s1. The highest BCUT2D eigenvalue weighted by Gasteiger charge is 2.53. The Kier molecular flexibility index (Phi) is 4.53. The summed E-state index contributed by atoms with van der Waals surface area (Å²) in [6.45, 7) is 1.76. The number of β-amino-alcohol motifs (C(OH)–C–C–N with tert-alkyl or cyclic N) is 1. The van der Waals surface area contributed by atoms with Crippen LogP contribution in [-0.4, -0.2) is 47.3 Å². The first-order valence-electron chi connectivity index (χ1n) is 9.06. The number of nitrogens with zero attached hydrogens (tertiary/aromatic N) is 1. The monoisotopic (exact) mass is 352 g/mol. The van der Waals surface area contributed by atoms with Gasteiger partial charge in [0.2, 0.25) is 0 Å². The molecule has 2 aromatic carbocycles. The Hall–Kier alpha value is -2.21. The number of carbonyl (C=O) groups excluding carboxylic acids is 1. The van der Waals surface area contributed by atoms with E-state index in [1.165, 1.54) is 5.56 Å². The lowest BCUT2D eigenvalue weighted by atomic mass is 9.87. The van der Waals surface area contributed by atoms with Crippen LogP contribution in [0.2, 0.25) is 0 Å². The summed E-state index contributed by atoms with van der Waals surface area (Å²) >= 11 is 0. The molecule has 2 aromatic rings. The van der Waals surface area contributed by atoms with Crippen molar-refractivity contribution in [3.63, 3.8) is 0 Å². The first-order valence-corrected chi connectivity index (χ1v) is 9.06. The summed E-state index contributed by atoms with van der Waals surface area (Å²) in [5.74, 6) is 0.181. The summed E-state index contributed by atoms with van der Waals surface area (Å²) in [6, 6.07) is 17.6. The van der Waals surface area contributed by atoms with Gasteiger partial charge in [0, 0.05) is 24.6 Å². The highest BCUT2D eigenvalue weighted by Crippen LogP contribution is 2.42. The van der Waals surface area contributed by atoms with Crippen molar-refractivity contribution in [1.29, 1.82) is 0 Å². The number of hydrogen-bond acceptors (Lipinski definition) is 4. The highest BCUT2D eigenvalue weighted by molar-refractivity contribution is 5.94. The number of carbonyl (C=O) groups is 1. The number of amides is 1. The van der Waals surface area contributed by atoms with Gasteiger partial charge in [0.1, 0.15) is 11.7 Å². The maximum Gasteiger partial charge on any atom is 0.254 e. The molecule has 1 spiro atoms. The van der Waals surface area contributed by atoms with Crippen molar-refractivity contribution in [2.24, 2.45) is 5.73 Å². The number of benzene rings is 2. The molecule has 0 aromatic heterocycles. The first kappa shape index (κ1) is 17.2. The first-order chi connectivity index (χ1) is 12.6. The van der Waals surface area contributed by atoms with Crippen molar-refractivity contribution in [2.45, 2.75) is 30.6 Å². The van der Waals surface area contributed by atoms with E-state index in [-0.39, 0.29) is 11.8 Å². The Morgan fingerprint density at radius 2 is 1.92 bits per heavy atom. The van der Waals surface area contributed by atoms with E-state index in [4.69, 9.17) is 10.5 Å². The molecule has 2 fully saturated rings. The van der Waals surface area contributed by atoms with Crippen LogP contribution >= 0.6 is 0 Å². The van der Waals surface area contributed by atoms with Crippen molar-refractivity contribution in [2.75, 3.05) is 19.7 Å². The molecule has 0 unspecified atom stereocenters. The fourth-order valence-corrected chi connectivity index (χ4v) is 4.07. The second kappa shape index (κ2) is 6.83. The second-order valence-corrected chi connectivity index (χ2v) is 7.29. The Morgan fingerprint density at radius 3 is 2.62 bits per heavy atom. The fourth-order valence-electron chi connectivity index (χ4n) is 4.07. The average molecular weight is 352 g/mol. The molecule has 1 amide bonds. The van der Waals surface area contributed by atoms with E-state index in [1.807, 2.05) is 30.3 Å². The molecule has 26 heavy (non-hydrogen) atoms. The molecule has 4 rings (SSSR count). The van der Waals surface area contributed by atoms with Gasteiger partial charge in [-0.2, -0.15) is 0 Å². The molecule has 3 N–H and O–H groups in total. The van der Waals surface area contributed by atoms with Crippen LogP contribution in [-0.2, 0) is 11.3 Å². The number of aliphatic hydroxyl groups excluding tert-OH is 1. The average Bonchev–Trinajstić information content (AvgIpc) is 3.26. The van der Waals surface area contributed by atoms with Crippen molar-refractivity contribution < 1.29 is 14.6 Å². The van der Waals surface area contributed by atoms with E-state index in [2.05, 4.69) is 12.1 Å². The molecule has 0 aliphatic carbocycles. The van der Waals surface area contributed by atoms with Gasteiger partial charge in [-0.15, -0.1) is 0 Å². The van der Waals surface area contributed by atoms with Crippen LogP contribution in [0.4, 0.5) is 0 Å². The van der Waals surface area contributed by atoms with E-state index in [1.54, 1.807) is 17.0 Å². The number of hydrogen-bond donors (Lipinski definition) is 2. The van der Waals surface area contributed by atoms with Gasteiger partial charge in [-0.05, 0) is 29.7 Å². The minimum absolute atomic E-state index is 0.0729. The Morgan fingerprint density at radius 1 is 1.19 bits per heavy atom. The smallest absolute Gasteiger partial charge is 0.254 e. The van der Waals surface area contributed by atoms with Crippen LogP contribution in [0.25, 0.3) is 0 Å². The van der Waals surface area contributed by atoms with Gasteiger partial charge in [0.25, 0.3) is 5.91 Å². The van der Waals surface area contributed by atoms with E-state index < -0.39 is 11.7 Å². The van der Waals surface area contributed by atoms with Gasteiger partial charge in [-0.25, -0.2) is 0 Å². The minimum atomic E-state index is -0.663. The molecule has 5 nitrogen and oxygen atoms in total. The van der Waals surface area contributed by atoms with Crippen molar-refractivity contribution in [1.82, 2.24) is 4.90 Å². The maximum atomic E-state index is 12.8.